The topological polar surface area (TPSA) is 17.1 Å². The summed E-state index contributed by atoms with van der Waals surface area (Å²) in [4.78, 5) is 10.8. The summed E-state index contributed by atoms with van der Waals surface area (Å²) < 4.78 is 0. The Morgan fingerprint density at radius 1 is 0.700 bits per heavy atom. The van der Waals surface area contributed by atoms with Crippen LogP contribution in [-0.4, -0.2) is 5.78 Å². The van der Waals surface area contributed by atoms with Crippen LogP contribution >= 0.6 is 0 Å². The Bertz CT molecular complexity index is 249. The number of carbonyl (C=O) groups is 1. The monoisotopic (exact) mass is 278 g/mol. The highest BCUT2D eigenvalue weighted by Gasteiger charge is 1.95. The number of hydrogen-bond donors (Lipinski definition) is 0. The van der Waals surface area contributed by atoms with Crippen molar-refractivity contribution in [3.63, 3.8) is 0 Å². The summed E-state index contributed by atoms with van der Waals surface area (Å²) >= 11 is 0. The van der Waals surface area contributed by atoms with Gasteiger partial charge in [0.05, 0.1) is 0 Å². The minimum absolute atomic E-state index is 0.337. The van der Waals surface area contributed by atoms with Crippen LogP contribution in [0.5, 0.6) is 0 Å². The Kier molecular flexibility index (Phi) is 15.7. The van der Waals surface area contributed by atoms with Crippen molar-refractivity contribution in [3.05, 3.63) is 0 Å². The van der Waals surface area contributed by atoms with E-state index in [1.165, 1.54) is 77.0 Å². The maximum absolute atomic E-state index is 10.8. The van der Waals surface area contributed by atoms with Crippen LogP contribution in [0.15, 0.2) is 0 Å². The van der Waals surface area contributed by atoms with Crippen LogP contribution in [-0.2, 0) is 4.79 Å². The maximum atomic E-state index is 10.8. The fraction of sp³-hybridized carbons (Fsp3) is 0.842. The minimum atomic E-state index is 0.337. The second kappa shape index (κ2) is 16.3. The van der Waals surface area contributed by atoms with E-state index in [9.17, 15) is 4.79 Å². The number of hydrogen-bond acceptors (Lipinski definition) is 1. The van der Waals surface area contributed by atoms with Crippen LogP contribution in [0.4, 0.5) is 0 Å². The van der Waals surface area contributed by atoms with Gasteiger partial charge in [-0.25, -0.2) is 0 Å². The van der Waals surface area contributed by atoms with Crippen molar-refractivity contribution >= 4 is 5.78 Å². The van der Waals surface area contributed by atoms with Gasteiger partial charge in [-0.05, 0) is 19.8 Å². The second-order valence-corrected chi connectivity index (χ2v) is 6.00. The Morgan fingerprint density at radius 2 is 1.05 bits per heavy atom. The first-order valence-corrected chi connectivity index (χ1v) is 8.70. The van der Waals surface area contributed by atoms with Crippen molar-refractivity contribution < 1.29 is 4.79 Å². The lowest BCUT2D eigenvalue weighted by molar-refractivity contribution is -0.117. The van der Waals surface area contributed by atoms with Gasteiger partial charge in [0.1, 0.15) is 5.78 Å². The normalized spacial score (nSPS) is 10.4. The van der Waals surface area contributed by atoms with Gasteiger partial charge in [0.25, 0.3) is 0 Å². The van der Waals surface area contributed by atoms with Crippen molar-refractivity contribution in [2.24, 2.45) is 0 Å². The van der Waals surface area contributed by atoms with Crippen molar-refractivity contribution in [1.29, 1.82) is 0 Å². The van der Waals surface area contributed by atoms with Crippen molar-refractivity contribution in [3.8, 4) is 12.3 Å². The summed E-state index contributed by atoms with van der Waals surface area (Å²) in [5.41, 5.74) is 0. The lowest BCUT2D eigenvalue weighted by Gasteiger charge is -2.02. The molecule has 0 unspecified atom stereocenters. The average Bonchev–Trinajstić information content (AvgIpc) is 2.43. The van der Waals surface area contributed by atoms with E-state index in [0.717, 1.165) is 19.3 Å². The molecule has 0 spiro atoms. The van der Waals surface area contributed by atoms with E-state index in [4.69, 9.17) is 6.42 Å². The maximum Gasteiger partial charge on any atom is 0.129 e. The number of rotatable bonds is 15. The molecule has 0 aromatic carbocycles. The molecule has 0 fully saturated rings. The molecule has 0 aromatic rings. The first-order valence-electron chi connectivity index (χ1n) is 8.70. The Hall–Kier alpha value is -0.770. The van der Waals surface area contributed by atoms with Crippen LogP contribution in [0.1, 0.15) is 103 Å². The van der Waals surface area contributed by atoms with Crippen molar-refractivity contribution in [2.45, 2.75) is 103 Å². The van der Waals surface area contributed by atoms with Gasteiger partial charge in [-0.3, -0.25) is 0 Å². The minimum Gasteiger partial charge on any atom is -0.300 e. The predicted molar refractivity (Wildman–Crippen MR) is 88.8 cm³/mol. The molecule has 0 heterocycles. The fourth-order valence-electron chi connectivity index (χ4n) is 2.55. The van der Waals surface area contributed by atoms with Crippen LogP contribution in [0.3, 0.4) is 0 Å². The molecule has 0 aromatic heterocycles. The molecular weight excluding hydrogens is 244 g/mol. The fourth-order valence-corrected chi connectivity index (χ4v) is 2.55. The standard InChI is InChI=1S/C19H34O/c1-3-4-5-6-7-8-9-10-11-12-13-14-15-16-17-18-19(2)20/h1H,4-18H2,2H3. The molecule has 0 saturated carbocycles. The summed E-state index contributed by atoms with van der Waals surface area (Å²) in [7, 11) is 0. The molecule has 1 nitrogen and oxygen atoms in total. The van der Waals surface area contributed by atoms with Gasteiger partial charge in [-0.2, -0.15) is 0 Å². The van der Waals surface area contributed by atoms with Crippen LogP contribution < -0.4 is 0 Å². The Balaban J connectivity index is 2.96. The third-order valence-electron chi connectivity index (χ3n) is 3.85. The molecule has 0 aliphatic heterocycles. The molecular formula is C19H34O. The van der Waals surface area contributed by atoms with E-state index in [1.807, 2.05) is 0 Å². The van der Waals surface area contributed by atoms with Gasteiger partial charge in [0.2, 0.25) is 0 Å². The van der Waals surface area contributed by atoms with Crippen molar-refractivity contribution in [2.75, 3.05) is 0 Å². The highest BCUT2D eigenvalue weighted by Crippen LogP contribution is 2.13. The molecule has 0 rings (SSSR count). The molecule has 0 N–H and O–H groups in total. The highest BCUT2D eigenvalue weighted by atomic mass is 16.1. The van der Waals surface area contributed by atoms with Crippen LogP contribution in [0.2, 0.25) is 0 Å². The van der Waals surface area contributed by atoms with Crippen LogP contribution in [0.25, 0.3) is 0 Å². The zero-order valence-corrected chi connectivity index (χ0v) is 13.6. The lowest BCUT2D eigenvalue weighted by Crippen LogP contribution is -1.89. The number of terminal acetylenes is 1. The molecule has 0 radical (unpaired) electrons. The third kappa shape index (κ3) is 17.2. The third-order valence-corrected chi connectivity index (χ3v) is 3.85. The second-order valence-electron chi connectivity index (χ2n) is 6.00. The van der Waals surface area contributed by atoms with E-state index in [1.54, 1.807) is 6.92 Å². The smallest absolute Gasteiger partial charge is 0.129 e. The van der Waals surface area contributed by atoms with E-state index in [-0.39, 0.29) is 0 Å². The Morgan fingerprint density at radius 3 is 1.40 bits per heavy atom. The molecule has 20 heavy (non-hydrogen) atoms. The number of Topliss-reactive ketones (excluding diaryl/α,β-unsaturated/α-hetero) is 1. The summed E-state index contributed by atoms with van der Waals surface area (Å²) in [5.74, 6) is 3.04. The molecule has 0 atom stereocenters. The van der Waals surface area contributed by atoms with Crippen molar-refractivity contribution in [1.82, 2.24) is 0 Å². The summed E-state index contributed by atoms with van der Waals surface area (Å²) in [6.45, 7) is 1.69. The number of carbonyl (C=O) groups excluding carboxylic acids is 1. The molecule has 116 valence electrons. The van der Waals surface area contributed by atoms with Gasteiger partial charge >= 0.3 is 0 Å². The van der Waals surface area contributed by atoms with Gasteiger partial charge < -0.3 is 4.79 Å². The lowest BCUT2D eigenvalue weighted by atomic mass is 10.0. The van der Waals surface area contributed by atoms with E-state index in [2.05, 4.69) is 5.92 Å². The molecule has 0 aliphatic rings. The largest absolute Gasteiger partial charge is 0.300 e. The first kappa shape index (κ1) is 19.2. The zero-order valence-electron chi connectivity index (χ0n) is 13.6. The number of ketones is 1. The summed E-state index contributed by atoms with van der Waals surface area (Å²) in [5, 5.41) is 0. The molecule has 0 bridgehead atoms. The quantitative estimate of drug-likeness (QED) is 0.263. The van der Waals surface area contributed by atoms with Gasteiger partial charge in [0.15, 0.2) is 0 Å². The van der Waals surface area contributed by atoms with Gasteiger partial charge in [-0.1, -0.05) is 70.6 Å². The van der Waals surface area contributed by atoms with E-state index < -0.39 is 0 Å². The summed E-state index contributed by atoms with van der Waals surface area (Å²) in [6, 6.07) is 0. The molecule has 0 aliphatic carbocycles. The van der Waals surface area contributed by atoms with Gasteiger partial charge in [-0.15, -0.1) is 12.3 Å². The summed E-state index contributed by atoms with van der Waals surface area (Å²) in [6.07, 6.45) is 24.2. The average molecular weight is 278 g/mol. The molecule has 0 amide bonds. The highest BCUT2D eigenvalue weighted by molar-refractivity contribution is 5.75. The van der Waals surface area contributed by atoms with Crippen LogP contribution in [0, 0.1) is 12.3 Å². The predicted octanol–water partition coefficient (Wildman–Crippen LogP) is 6.06. The molecule has 0 saturated heterocycles. The zero-order chi connectivity index (χ0) is 14.9. The van der Waals surface area contributed by atoms with Gasteiger partial charge in [0, 0.05) is 12.8 Å². The SMILES string of the molecule is C#CCCCCCCCCCCCCCCCC(C)=O. The Labute approximate surface area is 126 Å². The number of unbranched alkanes of at least 4 members (excludes halogenated alkanes) is 13. The van der Waals surface area contributed by atoms with E-state index >= 15 is 0 Å². The first-order chi connectivity index (χ1) is 9.77. The van der Waals surface area contributed by atoms with E-state index in [0.29, 0.717) is 5.78 Å². The molecule has 1 heteroatoms.